The van der Waals surface area contributed by atoms with E-state index in [1.165, 1.54) is 16.3 Å². The zero-order valence-corrected chi connectivity index (χ0v) is 10.0. The van der Waals surface area contributed by atoms with Crippen molar-refractivity contribution in [2.45, 2.75) is 41.5 Å². The maximum absolute atomic E-state index is 3.68. The van der Waals surface area contributed by atoms with Crippen molar-refractivity contribution in [1.82, 2.24) is 0 Å². The summed E-state index contributed by atoms with van der Waals surface area (Å²) in [6.45, 7) is 13.6. The minimum absolute atomic E-state index is 0.305. The van der Waals surface area contributed by atoms with Gasteiger partial charge in [-0.15, -0.1) is 0 Å². The molecule has 12 heavy (non-hydrogen) atoms. The highest BCUT2D eigenvalue weighted by atomic mass is 28.1. The van der Waals surface area contributed by atoms with Crippen LogP contribution in [0.4, 0.5) is 0 Å². The molecule has 0 saturated heterocycles. The van der Waals surface area contributed by atoms with E-state index in [4.69, 9.17) is 0 Å². The normalized spacial score (nSPS) is 18.7. The quantitative estimate of drug-likeness (QED) is 0.500. The van der Waals surface area contributed by atoms with Gasteiger partial charge in [0.15, 0.2) is 0 Å². The summed E-state index contributed by atoms with van der Waals surface area (Å²) in [6.07, 6.45) is 0. The summed E-state index contributed by atoms with van der Waals surface area (Å²) < 4.78 is 0. The summed E-state index contributed by atoms with van der Waals surface area (Å²) in [4.78, 5) is 0. The lowest BCUT2D eigenvalue weighted by Gasteiger charge is -2.15. The molecule has 0 amide bonds. The van der Waals surface area contributed by atoms with Gasteiger partial charge in [0.1, 0.15) is 0 Å². The second-order valence-electron chi connectivity index (χ2n) is 5.62. The van der Waals surface area contributed by atoms with Crippen molar-refractivity contribution in [2.24, 2.45) is 10.8 Å². The Hall–Kier alpha value is -0.173. The summed E-state index contributed by atoms with van der Waals surface area (Å²) in [5, 5.41) is 1.36. The van der Waals surface area contributed by atoms with Crippen LogP contribution in [-0.2, 0) is 0 Å². The van der Waals surface area contributed by atoms with E-state index in [1.54, 1.807) is 0 Å². The molecule has 1 aliphatic rings. The molecular formula is C11H18Si. The Kier molecular flexibility index (Phi) is 1.99. The molecule has 0 N–H and O–H groups in total. The first-order chi connectivity index (χ1) is 5.15. The minimum atomic E-state index is 0.305. The smallest absolute Gasteiger partial charge is 0.0411 e. The Labute approximate surface area is 79.1 Å². The van der Waals surface area contributed by atoms with Gasteiger partial charge in [-0.2, -0.15) is 0 Å². The van der Waals surface area contributed by atoms with Crippen molar-refractivity contribution in [3.05, 3.63) is 11.1 Å². The van der Waals surface area contributed by atoms with E-state index in [9.17, 15) is 0 Å². The van der Waals surface area contributed by atoms with Gasteiger partial charge in [-0.1, -0.05) is 41.5 Å². The van der Waals surface area contributed by atoms with Crippen LogP contribution in [0.25, 0.3) is 0 Å². The van der Waals surface area contributed by atoms with Crippen LogP contribution >= 0.6 is 0 Å². The molecule has 0 bridgehead atoms. The minimum Gasteiger partial charge on any atom is -0.0561 e. The molecule has 2 radical (unpaired) electrons. The third-order valence-electron chi connectivity index (χ3n) is 2.19. The van der Waals surface area contributed by atoms with Gasteiger partial charge in [0.05, 0.1) is 0 Å². The van der Waals surface area contributed by atoms with Crippen LogP contribution in [0.5, 0.6) is 0 Å². The molecular weight excluding hydrogens is 160 g/mol. The fraction of sp³-hybridized carbons (Fsp3) is 0.727. The molecule has 1 aliphatic carbocycles. The number of hydrogen-bond acceptors (Lipinski definition) is 0. The molecule has 1 heteroatoms. The van der Waals surface area contributed by atoms with E-state index in [0.717, 1.165) is 0 Å². The third kappa shape index (κ3) is 1.61. The van der Waals surface area contributed by atoms with Crippen LogP contribution in [0, 0.1) is 10.8 Å². The van der Waals surface area contributed by atoms with Crippen molar-refractivity contribution in [2.75, 3.05) is 0 Å². The van der Waals surface area contributed by atoms with E-state index in [1.807, 2.05) is 0 Å². The standard InChI is InChI=1S/C11H18Si/c1-10(2,3)7-8(9(7)12)11(4,5)6/h1-6H3. The van der Waals surface area contributed by atoms with Gasteiger partial charge in [0.2, 0.25) is 0 Å². The van der Waals surface area contributed by atoms with Gasteiger partial charge >= 0.3 is 0 Å². The summed E-state index contributed by atoms with van der Waals surface area (Å²) in [6, 6.07) is 0. The average molecular weight is 178 g/mol. The second-order valence-corrected chi connectivity index (χ2v) is 6.12. The first-order valence-corrected chi connectivity index (χ1v) is 5.00. The summed E-state index contributed by atoms with van der Waals surface area (Å²) in [5.74, 6) is 0. The SMILES string of the molecule is CC(C)(C)C1=C(C(C)(C)C)C1=[Si]. The Morgan fingerprint density at radius 3 is 1.08 bits per heavy atom. The lowest BCUT2D eigenvalue weighted by Crippen LogP contribution is -2.04. The molecule has 0 aromatic rings. The first kappa shape index (κ1) is 9.91. The molecule has 0 saturated carbocycles. The molecule has 0 unspecified atom stereocenters. The zero-order valence-electron chi connectivity index (χ0n) is 9.00. The third-order valence-corrected chi connectivity index (χ3v) is 2.69. The highest BCUT2D eigenvalue weighted by Gasteiger charge is 2.41. The monoisotopic (exact) mass is 178 g/mol. The lowest BCUT2D eigenvalue weighted by atomic mass is 9.89. The van der Waals surface area contributed by atoms with Gasteiger partial charge < -0.3 is 0 Å². The number of hydrogen-bond donors (Lipinski definition) is 0. The topological polar surface area (TPSA) is 0 Å². The zero-order chi connectivity index (χ0) is 9.73. The van der Waals surface area contributed by atoms with Gasteiger partial charge in [0.25, 0.3) is 0 Å². The van der Waals surface area contributed by atoms with E-state index < -0.39 is 0 Å². The van der Waals surface area contributed by atoms with Gasteiger partial charge in [-0.05, 0) is 27.1 Å². The first-order valence-electron chi connectivity index (χ1n) is 4.50. The highest BCUT2D eigenvalue weighted by Crippen LogP contribution is 2.48. The van der Waals surface area contributed by atoms with Crippen LogP contribution in [0.1, 0.15) is 41.5 Å². The summed E-state index contributed by atoms with van der Waals surface area (Å²) in [5.41, 5.74) is 3.65. The largest absolute Gasteiger partial charge is 0.0561 e. The number of allylic oxidation sites excluding steroid dienone is 2. The second kappa shape index (κ2) is 2.41. The van der Waals surface area contributed by atoms with Crippen LogP contribution in [0.2, 0.25) is 0 Å². The Bertz CT molecular complexity index is 230. The van der Waals surface area contributed by atoms with E-state index in [0.29, 0.717) is 10.8 Å². The fourth-order valence-corrected chi connectivity index (χ4v) is 2.62. The number of rotatable bonds is 0. The molecule has 1 rings (SSSR count). The van der Waals surface area contributed by atoms with Crippen molar-refractivity contribution >= 4 is 15.0 Å². The molecule has 0 nitrogen and oxygen atoms in total. The highest BCUT2D eigenvalue weighted by molar-refractivity contribution is 6.58. The maximum Gasteiger partial charge on any atom is 0.0411 e. The Balaban J connectivity index is 2.98. The van der Waals surface area contributed by atoms with Crippen molar-refractivity contribution < 1.29 is 0 Å². The molecule has 0 fully saturated rings. The maximum atomic E-state index is 3.68. The van der Waals surface area contributed by atoms with Crippen LogP contribution in [-0.4, -0.2) is 15.0 Å². The van der Waals surface area contributed by atoms with Crippen LogP contribution in [0.3, 0.4) is 0 Å². The average Bonchev–Trinajstić information content (AvgIpc) is 2.35. The van der Waals surface area contributed by atoms with Crippen molar-refractivity contribution in [1.29, 1.82) is 0 Å². The van der Waals surface area contributed by atoms with Crippen molar-refractivity contribution in [3.63, 3.8) is 0 Å². The van der Waals surface area contributed by atoms with Crippen LogP contribution < -0.4 is 0 Å². The molecule has 0 spiro atoms. The van der Waals surface area contributed by atoms with E-state index in [2.05, 4.69) is 51.4 Å². The summed E-state index contributed by atoms with van der Waals surface area (Å²) >= 11 is 0. The van der Waals surface area contributed by atoms with Gasteiger partial charge in [-0.3, -0.25) is 0 Å². The molecule has 0 aromatic heterocycles. The van der Waals surface area contributed by atoms with E-state index in [-0.39, 0.29) is 0 Å². The predicted octanol–water partition coefficient (Wildman–Crippen LogP) is 2.73. The van der Waals surface area contributed by atoms with Crippen molar-refractivity contribution in [3.8, 4) is 0 Å². The predicted molar refractivity (Wildman–Crippen MR) is 56.7 cm³/mol. The molecule has 0 atom stereocenters. The molecule has 66 valence electrons. The van der Waals surface area contributed by atoms with Gasteiger partial charge in [0, 0.05) is 9.85 Å². The fourth-order valence-electron chi connectivity index (χ4n) is 1.69. The lowest BCUT2D eigenvalue weighted by molar-refractivity contribution is 0.502. The van der Waals surface area contributed by atoms with Gasteiger partial charge in [-0.25, -0.2) is 0 Å². The molecule has 0 heterocycles. The Morgan fingerprint density at radius 1 is 0.750 bits per heavy atom. The van der Waals surface area contributed by atoms with Crippen LogP contribution in [0.15, 0.2) is 11.1 Å². The Morgan fingerprint density at radius 2 is 1.00 bits per heavy atom. The summed E-state index contributed by atoms with van der Waals surface area (Å²) in [7, 11) is 3.68. The molecule has 0 aromatic carbocycles. The molecule has 0 aliphatic heterocycles. The van der Waals surface area contributed by atoms with E-state index >= 15 is 0 Å².